The van der Waals surface area contributed by atoms with Crippen LogP contribution in [0.3, 0.4) is 0 Å². The molecule has 0 bridgehead atoms. The number of amides is 1. The predicted molar refractivity (Wildman–Crippen MR) is 144 cm³/mol. The van der Waals surface area contributed by atoms with Crippen LogP contribution in [0.1, 0.15) is 48.9 Å². The molecule has 1 amide bonds. The maximum absolute atomic E-state index is 12.9. The van der Waals surface area contributed by atoms with Crippen LogP contribution < -0.4 is 16.0 Å². The van der Waals surface area contributed by atoms with Crippen LogP contribution in [0.4, 0.5) is 23.3 Å². The largest absolute Gasteiger partial charge is 0.359 e. The Bertz CT molecular complexity index is 1390. The molecule has 194 valence electrons. The molecule has 1 aromatic carbocycles. The third kappa shape index (κ3) is 6.56. The van der Waals surface area contributed by atoms with Crippen molar-refractivity contribution in [2.75, 3.05) is 43.1 Å². The van der Waals surface area contributed by atoms with Crippen LogP contribution in [0.25, 0.3) is 11.0 Å². The van der Waals surface area contributed by atoms with Crippen molar-refractivity contribution in [1.29, 1.82) is 0 Å². The highest BCUT2D eigenvalue weighted by molar-refractivity contribution is 6.04. The van der Waals surface area contributed by atoms with E-state index in [2.05, 4.69) is 45.9 Å². The summed E-state index contributed by atoms with van der Waals surface area (Å²) in [6.07, 6.45) is 4.09. The van der Waals surface area contributed by atoms with Gasteiger partial charge < -0.3 is 25.4 Å². The van der Waals surface area contributed by atoms with Crippen LogP contribution >= 0.6 is 0 Å². The molecule has 0 radical (unpaired) electrons. The Morgan fingerprint density at radius 1 is 1.11 bits per heavy atom. The summed E-state index contributed by atoms with van der Waals surface area (Å²) < 4.78 is 5.37. The van der Waals surface area contributed by atoms with E-state index >= 15 is 0 Å². The molecule has 0 unspecified atom stereocenters. The Labute approximate surface area is 216 Å². The zero-order valence-corrected chi connectivity index (χ0v) is 22.1. The lowest BCUT2D eigenvalue weighted by Crippen LogP contribution is -2.17. The highest BCUT2D eigenvalue weighted by atomic mass is 16.5. The Kier molecular flexibility index (Phi) is 7.63. The Balaban J connectivity index is 1.53. The number of carbonyl (C=O) groups excluding carboxylic acids is 1. The molecule has 0 saturated carbocycles. The van der Waals surface area contributed by atoms with Gasteiger partial charge in [0.2, 0.25) is 5.95 Å². The van der Waals surface area contributed by atoms with Gasteiger partial charge in [-0.05, 0) is 51.7 Å². The highest BCUT2D eigenvalue weighted by Gasteiger charge is 2.21. The van der Waals surface area contributed by atoms with Crippen LogP contribution in [-0.4, -0.2) is 63.1 Å². The lowest BCUT2D eigenvalue weighted by molar-refractivity contribution is 0.102. The fourth-order valence-corrected chi connectivity index (χ4v) is 3.53. The van der Waals surface area contributed by atoms with Crippen molar-refractivity contribution in [3.63, 3.8) is 0 Å². The molecule has 0 atom stereocenters. The minimum Gasteiger partial charge on any atom is -0.359 e. The molecule has 3 aromatic heterocycles. The van der Waals surface area contributed by atoms with E-state index in [0.29, 0.717) is 39.9 Å². The van der Waals surface area contributed by atoms with Crippen LogP contribution in [0.5, 0.6) is 0 Å². The van der Waals surface area contributed by atoms with Crippen molar-refractivity contribution in [1.82, 2.24) is 30.0 Å². The molecule has 0 fully saturated rings. The van der Waals surface area contributed by atoms with Gasteiger partial charge in [0.15, 0.2) is 11.6 Å². The second-order valence-electron chi connectivity index (χ2n) is 10.2. The number of hydrogen-bond donors (Lipinski definition) is 3. The summed E-state index contributed by atoms with van der Waals surface area (Å²) in [6, 6.07) is 7.14. The van der Waals surface area contributed by atoms with E-state index in [1.165, 1.54) is 6.33 Å². The van der Waals surface area contributed by atoms with Gasteiger partial charge in [-0.15, -0.1) is 0 Å². The standard InChI is InChI=1S/C26H33N9O2/c1-16-8-9-17(24(36)32-21-13-20(37-34-21)26(2,3)4)12-18(16)31-23-22-19(29-15-30-23)14-28-25(33-22)27-10-7-11-35(5)6/h8-9,12-15H,7,10-11H2,1-6H3,(H,27,28,33)(H,29,30,31)(H,32,34,36). The first-order valence-corrected chi connectivity index (χ1v) is 12.1. The number of fused-ring (bicyclic) bond motifs is 1. The van der Waals surface area contributed by atoms with Gasteiger partial charge in [0.1, 0.15) is 23.1 Å². The molecular formula is C26H33N9O2. The molecule has 4 aromatic rings. The van der Waals surface area contributed by atoms with Crippen LogP contribution in [-0.2, 0) is 5.41 Å². The number of benzene rings is 1. The quantitative estimate of drug-likeness (QED) is 0.283. The molecule has 0 aliphatic rings. The molecule has 11 nitrogen and oxygen atoms in total. The number of anilines is 4. The summed E-state index contributed by atoms with van der Waals surface area (Å²) in [4.78, 5) is 32.7. The maximum Gasteiger partial charge on any atom is 0.256 e. The minimum absolute atomic E-state index is 0.206. The third-order valence-electron chi connectivity index (χ3n) is 5.69. The van der Waals surface area contributed by atoms with Crippen molar-refractivity contribution in [3.8, 4) is 0 Å². The molecule has 4 rings (SSSR count). The molecule has 3 heterocycles. The first-order chi connectivity index (χ1) is 17.6. The van der Waals surface area contributed by atoms with E-state index in [0.717, 1.165) is 30.8 Å². The number of nitrogens with one attached hydrogen (secondary N) is 3. The molecule has 37 heavy (non-hydrogen) atoms. The van der Waals surface area contributed by atoms with Gasteiger partial charge in [-0.3, -0.25) is 4.79 Å². The van der Waals surface area contributed by atoms with Crippen molar-refractivity contribution < 1.29 is 9.32 Å². The topological polar surface area (TPSA) is 134 Å². The van der Waals surface area contributed by atoms with E-state index in [-0.39, 0.29) is 11.3 Å². The number of nitrogens with zero attached hydrogens (tertiary/aromatic N) is 6. The summed E-state index contributed by atoms with van der Waals surface area (Å²) in [7, 11) is 4.08. The summed E-state index contributed by atoms with van der Waals surface area (Å²) in [6.45, 7) is 9.72. The second kappa shape index (κ2) is 10.9. The van der Waals surface area contributed by atoms with Gasteiger partial charge in [0.05, 0.1) is 6.20 Å². The third-order valence-corrected chi connectivity index (χ3v) is 5.69. The molecule has 0 saturated heterocycles. The fraction of sp³-hybridized carbons (Fsp3) is 0.385. The molecule has 11 heteroatoms. The monoisotopic (exact) mass is 503 g/mol. The van der Waals surface area contributed by atoms with Crippen molar-refractivity contribution in [3.05, 3.63) is 53.7 Å². The zero-order chi connectivity index (χ0) is 26.6. The number of aromatic nitrogens is 5. The van der Waals surface area contributed by atoms with Crippen molar-refractivity contribution in [2.24, 2.45) is 0 Å². The van der Waals surface area contributed by atoms with Gasteiger partial charge in [0, 0.05) is 29.3 Å². The normalized spacial score (nSPS) is 11.6. The Hall–Kier alpha value is -4.12. The van der Waals surface area contributed by atoms with E-state index in [4.69, 9.17) is 4.52 Å². The number of hydrogen-bond acceptors (Lipinski definition) is 10. The number of carbonyl (C=O) groups is 1. The average Bonchev–Trinajstić information content (AvgIpc) is 3.32. The SMILES string of the molecule is Cc1ccc(C(=O)Nc2cc(C(C)(C)C)on2)cc1Nc1ncnc2cnc(NCCCN(C)C)nc12. The van der Waals surface area contributed by atoms with Crippen molar-refractivity contribution >= 4 is 40.2 Å². The zero-order valence-electron chi connectivity index (χ0n) is 22.1. The van der Waals surface area contributed by atoms with Gasteiger partial charge in [-0.1, -0.05) is 32.0 Å². The van der Waals surface area contributed by atoms with Gasteiger partial charge in [0.25, 0.3) is 5.91 Å². The van der Waals surface area contributed by atoms with Crippen LogP contribution in [0.15, 0.2) is 41.3 Å². The van der Waals surface area contributed by atoms with Crippen molar-refractivity contribution in [2.45, 2.75) is 39.5 Å². The molecule has 0 aliphatic heterocycles. The predicted octanol–water partition coefficient (Wildman–Crippen LogP) is 4.37. The molecule has 3 N–H and O–H groups in total. The van der Waals surface area contributed by atoms with Gasteiger partial charge in [-0.25, -0.2) is 19.9 Å². The Morgan fingerprint density at radius 2 is 1.92 bits per heavy atom. The summed E-state index contributed by atoms with van der Waals surface area (Å²) >= 11 is 0. The highest BCUT2D eigenvalue weighted by Crippen LogP contribution is 2.27. The number of aryl methyl sites for hydroxylation is 1. The minimum atomic E-state index is -0.295. The summed E-state index contributed by atoms with van der Waals surface area (Å²) in [5, 5.41) is 13.3. The van der Waals surface area contributed by atoms with E-state index in [1.54, 1.807) is 24.4 Å². The first kappa shape index (κ1) is 26.0. The fourth-order valence-electron chi connectivity index (χ4n) is 3.53. The smallest absolute Gasteiger partial charge is 0.256 e. The Morgan fingerprint density at radius 3 is 2.65 bits per heavy atom. The van der Waals surface area contributed by atoms with Gasteiger partial charge in [-0.2, -0.15) is 0 Å². The maximum atomic E-state index is 12.9. The lowest BCUT2D eigenvalue weighted by Gasteiger charge is -2.13. The van der Waals surface area contributed by atoms with Crippen LogP contribution in [0, 0.1) is 6.92 Å². The van der Waals surface area contributed by atoms with Gasteiger partial charge >= 0.3 is 0 Å². The lowest BCUT2D eigenvalue weighted by atomic mass is 9.93. The van der Waals surface area contributed by atoms with E-state index < -0.39 is 0 Å². The van der Waals surface area contributed by atoms with Crippen LogP contribution in [0.2, 0.25) is 0 Å². The molecule has 0 aliphatic carbocycles. The average molecular weight is 504 g/mol. The van der Waals surface area contributed by atoms with E-state index in [9.17, 15) is 4.79 Å². The first-order valence-electron chi connectivity index (χ1n) is 12.1. The molecular weight excluding hydrogens is 470 g/mol. The van der Waals surface area contributed by atoms with E-state index in [1.807, 2.05) is 47.9 Å². The summed E-state index contributed by atoms with van der Waals surface area (Å²) in [5.74, 6) is 1.80. The molecule has 0 spiro atoms. The number of rotatable bonds is 9. The second-order valence-corrected chi connectivity index (χ2v) is 10.2. The summed E-state index contributed by atoms with van der Waals surface area (Å²) in [5.41, 5.74) is 3.12.